The summed E-state index contributed by atoms with van der Waals surface area (Å²) in [6, 6.07) is 22.4. The molecule has 0 radical (unpaired) electrons. The minimum atomic E-state index is -0.0993. The number of fused-ring (bicyclic) bond motifs is 3. The molecule has 0 fully saturated rings. The first-order valence-electron chi connectivity index (χ1n) is 7.32. The van der Waals surface area contributed by atoms with Gasteiger partial charge >= 0.3 is 0 Å². The highest BCUT2D eigenvalue weighted by Gasteiger charge is 2.30. The van der Waals surface area contributed by atoms with E-state index < -0.39 is 0 Å². The predicted octanol–water partition coefficient (Wildman–Crippen LogP) is 4.48. The lowest BCUT2D eigenvalue weighted by Gasteiger charge is -2.29. The fourth-order valence-corrected chi connectivity index (χ4v) is 3.21. The van der Waals surface area contributed by atoms with Gasteiger partial charge in [-0.05, 0) is 16.5 Å². The third kappa shape index (κ3) is 1.85. The second-order valence-electron chi connectivity index (χ2n) is 5.57. The lowest BCUT2D eigenvalue weighted by molar-refractivity contribution is -0.113. The number of anilines is 1. The largest absolute Gasteiger partial charge is 0.321 e. The molecule has 1 N–H and O–H groups in total. The minimum Gasteiger partial charge on any atom is -0.321 e. The number of amides is 1. The van der Waals surface area contributed by atoms with E-state index >= 15 is 0 Å². The van der Waals surface area contributed by atoms with Gasteiger partial charge in [-0.2, -0.15) is 0 Å². The molecule has 4 rings (SSSR count). The quantitative estimate of drug-likeness (QED) is 0.656. The van der Waals surface area contributed by atoms with E-state index in [9.17, 15) is 4.79 Å². The zero-order valence-electron chi connectivity index (χ0n) is 12.0. The molecule has 1 aliphatic heterocycles. The summed E-state index contributed by atoms with van der Waals surface area (Å²) in [6.45, 7) is 4.02. The van der Waals surface area contributed by atoms with Crippen molar-refractivity contribution in [1.82, 2.24) is 0 Å². The predicted molar refractivity (Wildman–Crippen MR) is 90.0 cm³/mol. The summed E-state index contributed by atoms with van der Waals surface area (Å²) >= 11 is 0. The van der Waals surface area contributed by atoms with Gasteiger partial charge in [0.1, 0.15) is 0 Å². The van der Waals surface area contributed by atoms with Gasteiger partial charge in [-0.1, -0.05) is 73.3 Å². The maximum absolute atomic E-state index is 12.4. The number of nitrogens with one attached hydrogen (secondary N) is 1. The Morgan fingerprint density at radius 1 is 0.864 bits per heavy atom. The molecule has 1 aliphatic rings. The normalized spacial score (nSPS) is 17.2. The first-order valence-corrected chi connectivity index (χ1v) is 7.32. The highest BCUT2D eigenvalue weighted by atomic mass is 16.1. The lowest BCUT2D eigenvalue weighted by atomic mass is 9.80. The Bertz CT molecular complexity index is 896. The van der Waals surface area contributed by atoms with Crippen molar-refractivity contribution in [1.29, 1.82) is 0 Å². The fraction of sp³-hybridized carbons (Fsp3) is 0.0500. The van der Waals surface area contributed by atoms with Crippen molar-refractivity contribution in [2.45, 2.75) is 5.92 Å². The highest BCUT2D eigenvalue weighted by Crippen LogP contribution is 2.42. The molecular formula is C20H15NO. The third-order valence-electron chi connectivity index (χ3n) is 4.28. The van der Waals surface area contributed by atoms with Crippen molar-refractivity contribution >= 4 is 22.4 Å². The van der Waals surface area contributed by atoms with Crippen LogP contribution < -0.4 is 5.32 Å². The summed E-state index contributed by atoms with van der Waals surface area (Å²) < 4.78 is 0. The van der Waals surface area contributed by atoms with E-state index in [2.05, 4.69) is 30.1 Å². The van der Waals surface area contributed by atoms with Crippen LogP contribution in [0.3, 0.4) is 0 Å². The van der Waals surface area contributed by atoms with Crippen molar-refractivity contribution < 1.29 is 4.79 Å². The number of carbonyl (C=O) groups excluding carboxylic acids is 1. The molecule has 3 aromatic rings. The SMILES string of the molecule is C=C1C(=O)Nc2c(ccc3ccccc23)C1c1ccccc1. The van der Waals surface area contributed by atoms with Crippen molar-refractivity contribution in [3.8, 4) is 0 Å². The zero-order valence-corrected chi connectivity index (χ0v) is 12.0. The molecular weight excluding hydrogens is 270 g/mol. The molecule has 3 aromatic carbocycles. The highest BCUT2D eigenvalue weighted by molar-refractivity contribution is 6.13. The number of carbonyl (C=O) groups is 1. The van der Waals surface area contributed by atoms with E-state index in [1.165, 1.54) is 0 Å². The Morgan fingerprint density at radius 2 is 1.59 bits per heavy atom. The number of hydrogen-bond acceptors (Lipinski definition) is 1. The van der Waals surface area contributed by atoms with Gasteiger partial charge in [-0.3, -0.25) is 4.79 Å². The molecule has 1 atom stereocenters. The summed E-state index contributed by atoms with van der Waals surface area (Å²) in [4.78, 5) is 12.4. The molecule has 1 unspecified atom stereocenters. The summed E-state index contributed by atoms with van der Waals surface area (Å²) in [5, 5.41) is 5.21. The molecule has 1 heterocycles. The average molecular weight is 285 g/mol. The van der Waals surface area contributed by atoms with Crippen LogP contribution in [-0.4, -0.2) is 5.91 Å². The Hall–Kier alpha value is -2.87. The maximum atomic E-state index is 12.4. The van der Waals surface area contributed by atoms with Crippen LogP contribution in [0.15, 0.2) is 78.9 Å². The van der Waals surface area contributed by atoms with E-state index in [-0.39, 0.29) is 11.8 Å². The summed E-state index contributed by atoms with van der Waals surface area (Å²) in [7, 11) is 0. The van der Waals surface area contributed by atoms with Crippen molar-refractivity contribution in [2.24, 2.45) is 0 Å². The van der Waals surface area contributed by atoms with Crippen molar-refractivity contribution in [2.75, 3.05) is 5.32 Å². The molecule has 0 saturated carbocycles. The van der Waals surface area contributed by atoms with Gasteiger partial charge in [0.25, 0.3) is 5.91 Å². The van der Waals surface area contributed by atoms with Gasteiger partial charge in [-0.15, -0.1) is 0 Å². The zero-order chi connectivity index (χ0) is 15.1. The summed E-state index contributed by atoms with van der Waals surface area (Å²) in [6.07, 6.45) is 0. The second kappa shape index (κ2) is 4.85. The van der Waals surface area contributed by atoms with E-state index in [1.54, 1.807) is 0 Å². The summed E-state index contributed by atoms with van der Waals surface area (Å²) in [5.41, 5.74) is 3.70. The number of benzene rings is 3. The third-order valence-corrected chi connectivity index (χ3v) is 4.28. The van der Waals surface area contributed by atoms with E-state index in [1.807, 2.05) is 48.5 Å². The summed E-state index contributed by atoms with van der Waals surface area (Å²) in [5.74, 6) is -0.188. The molecule has 0 aliphatic carbocycles. The first-order chi connectivity index (χ1) is 10.8. The van der Waals surface area contributed by atoms with Crippen LogP contribution in [0.2, 0.25) is 0 Å². The van der Waals surface area contributed by atoms with Crippen molar-refractivity contribution in [3.05, 3.63) is 90.0 Å². The molecule has 1 amide bonds. The standard InChI is InChI=1S/C20H15NO/c1-13-18(15-8-3-2-4-9-15)17-12-11-14-7-5-6-10-16(14)19(17)21-20(13)22/h2-12,18H,1H2,(H,21,22). The Morgan fingerprint density at radius 3 is 2.41 bits per heavy atom. The Balaban J connectivity index is 2.01. The molecule has 106 valence electrons. The molecule has 2 nitrogen and oxygen atoms in total. The average Bonchev–Trinajstić information content (AvgIpc) is 2.57. The van der Waals surface area contributed by atoms with Crippen LogP contribution in [0.5, 0.6) is 0 Å². The number of hydrogen-bond donors (Lipinski definition) is 1. The monoisotopic (exact) mass is 285 g/mol. The topological polar surface area (TPSA) is 29.1 Å². The van der Waals surface area contributed by atoms with Crippen molar-refractivity contribution in [3.63, 3.8) is 0 Å². The van der Waals surface area contributed by atoms with Crippen LogP contribution >= 0.6 is 0 Å². The van der Waals surface area contributed by atoms with E-state index in [4.69, 9.17) is 0 Å². The van der Waals surface area contributed by atoms with Gasteiger partial charge in [0.05, 0.1) is 5.69 Å². The van der Waals surface area contributed by atoms with Gasteiger partial charge in [0.2, 0.25) is 0 Å². The number of rotatable bonds is 1. The maximum Gasteiger partial charge on any atom is 0.251 e. The van der Waals surface area contributed by atoms with Crippen LogP contribution in [0.25, 0.3) is 10.8 Å². The van der Waals surface area contributed by atoms with Crippen LogP contribution in [0, 0.1) is 0 Å². The molecule has 0 aromatic heterocycles. The molecule has 0 spiro atoms. The van der Waals surface area contributed by atoms with Gasteiger partial charge in [0.15, 0.2) is 0 Å². The fourth-order valence-electron chi connectivity index (χ4n) is 3.21. The Kier molecular flexibility index (Phi) is 2.83. The molecule has 2 heteroatoms. The minimum absolute atomic E-state index is 0.0884. The van der Waals surface area contributed by atoms with Crippen LogP contribution in [0.4, 0.5) is 5.69 Å². The van der Waals surface area contributed by atoms with Gasteiger partial charge < -0.3 is 5.32 Å². The molecule has 22 heavy (non-hydrogen) atoms. The smallest absolute Gasteiger partial charge is 0.251 e. The molecule has 0 saturated heterocycles. The Labute approximate surface area is 129 Å². The van der Waals surface area contributed by atoms with E-state index in [0.717, 1.165) is 27.6 Å². The molecule has 0 bridgehead atoms. The lowest BCUT2D eigenvalue weighted by Crippen LogP contribution is -2.26. The van der Waals surface area contributed by atoms with Gasteiger partial charge in [0, 0.05) is 16.9 Å². The second-order valence-corrected chi connectivity index (χ2v) is 5.57. The van der Waals surface area contributed by atoms with Crippen LogP contribution in [-0.2, 0) is 4.79 Å². The van der Waals surface area contributed by atoms with Crippen LogP contribution in [0.1, 0.15) is 17.0 Å². The van der Waals surface area contributed by atoms with Gasteiger partial charge in [-0.25, -0.2) is 0 Å². The first kappa shape index (κ1) is 12.8. The van der Waals surface area contributed by atoms with E-state index in [0.29, 0.717) is 5.57 Å².